The number of aryl methyl sites for hydroxylation is 1. The highest BCUT2D eigenvalue weighted by Gasteiger charge is 2.08. The lowest BCUT2D eigenvalue weighted by Gasteiger charge is -2.04. The monoisotopic (exact) mass is 260 g/mol. The van der Waals surface area contributed by atoms with E-state index in [4.69, 9.17) is 5.11 Å². The molecule has 0 atom stereocenters. The molecule has 0 fully saturated rings. The lowest BCUT2D eigenvalue weighted by molar-refractivity contribution is 0.0687. The molecule has 0 aliphatic carbocycles. The first kappa shape index (κ1) is 13.4. The van der Waals surface area contributed by atoms with Gasteiger partial charge in [-0.25, -0.2) is 17.9 Å². The van der Waals surface area contributed by atoms with Gasteiger partial charge in [0, 0.05) is 18.9 Å². The van der Waals surface area contributed by atoms with Crippen molar-refractivity contribution >= 4 is 15.8 Å². The fourth-order valence-electron chi connectivity index (χ4n) is 1.20. The van der Waals surface area contributed by atoms with Crippen molar-refractivity contribution in [1.82, 2.24) is 9.78 Å². The van der Waals surface area contributed by atoms with Crippen molar-refractivity contribution < 1.29 is 18.3 Å². The summed E-state index contributed by atoms with van der Waals surface area (Å²) in [5, 5.41) is 12.3. The first-order chi connectivity index (χ1) is 7.79. The number of carbonyl (C=O) groups is 1. The number of hydrogen-bond acceptors (Lipinski definition) is 5. The van der Waals surface area contributed by atoms with Crippen molar-refractivity contribution in [2.45, 2.75) is 13.0 Å². The van der Waals surface area contributed by atoms with Gasteiger partial charge in [0.15, 0.2) is 5.69 Å². The van der Waals surface area contributed by atoms with Gasteiger partial charge in [-0.15, -0.1) is 0 Å². The Morgan fingerprint density at radius 1 is 1.47 bits per heavy atom. The van der Waals surface area contributed by atoms with Crippen LogP contribution in [0.2, 0.25) is 0 Å². The number of hydrogen-bond donors (Lipinski definition) is 1. The van der Waals surface area contributed by atoms with Crippen LogP contribution in [0.15, 0.2) is 16.9 Å². The average molecular weight is 260 g/mol. The topological polar surface area (TPSA) is 106 Å². The largest absolute Gasteiger partial charge is 0.476 e. The Hall–Kier alpha value is -1.70. The lowest BCUT2D eigenvalue weighted by atomic mass is 10.4. The zero-order valence-corrected chi connectivity index (χ0v) is 9.98. The molecular weight excluding hydrogens is 248 g/mol. The van der Waals surface area contributed by atoms with E-state index in [2.05, 4.69) is 5.10 Å². The summed E-state index contributed by atoms with van der Waals surface area (Å²) in [5.74, 6) is -1.31. The van der Waals surface area contributed by atoms with E-state index < -0.39 is 21.4 Å². The van der Waals surface area contributed by atoms with Crippen molar-refractivity contribution in [3.05, 3.63) is 28.2 Å². The van der Waals surface area contributed by atoms with Crippen LogP contribution in [0.25, 0.3) is 0 Å². The van der Waals surface area contributed by atoms with E-state index in [0.29, 0.717) is 0 Å². The maximum Gasteiger partial charge on any atom is 0.356 e. The molecule has 94 valence electrons. The Kier molecular flexibility index (Phi) is 4.00. The van der Waals surface area contributed by atoms with Crippen LogP contribution in [0.4, 0.5) is 0 Å². The molecule has 1 rings (SSSR count). The molecule has 0 aliphatic heterocycles. The third-order valence-electron chi connectivity index (χ3n) is 1.97. The number of rotatable bonds is 5. The smallest absolute Gasteiger partial charge is 0.356 e. The SMILES string of the molecule is CS(=O)(=O)CCCn1nc(C(=O)O)ccc1=O. The molecule has 1 aromatic rings. The van der Waals surface area contributed by atoms with E-state index in [-0.39, 0.29) is 24.4 Å². The molecule has 0 spiro atoms. The van der Waals surface area contributed by atoms with Gasteiger partial charge in [-0.1, -0.05) is 0 Å². The standard InChI is InChI=1S/C9H12N2O5S/c1-17(15,16)6-2-5-11-8(12)4-3-7(10-11)9(13)14/h3-4H,2,5-6H2,1H3,(H,13,14). The summed E-state index contributed by atoms with van der Waals surface area (Å²) in [7, 11) is -3.09. The molecular formula is C9H12N2O5S. The van der Waals surface area contributed by atoms with Gasteiger partial charge in [0.1, 0.15) is 9.84 Å². The predicted molar refractivity (Wildman–Crippen MR) is 59.8 cm³/mol. The first-order valence-corrected chi connectivity index (χ1v) is 6.85. The van der Waals surface area contributed by atoms with Gasteiger partial charge >= 0.3 is 5.97 Å². The molecule has 0 bridgehead atoms. The molecule has 1 N–H and O–H groups in total. The van der Waals surface area contributed by atoms with Crippen LogP contribution in [-0.4, -0.2) is 41.3 Å². The highest BCUT2D eigenvalue weighted by molar-refractivity contribution is 7.90. The Labute approximate surface area is 97.6 Å². The molecule has 1 heterocycles. The van der Waals surface area contributed by atoms with Crippen molar-refractivity contribution in [2.24, 2.45) is 0 Å². The molecule has 0 amide bonds. The minimum atomic E-state index is -3.09. The Balaban J connectivity index is 2.80. The van der Waals surface area contributed by atoms with Crippen LogP contribution in [0.1, 0.15) is 16.9 Å². The maximum absolute atomic E-state index is 11.3. The number of aromatic carboxylic acids is 1. The molecule has 7 nitrogen and oxygen atoms in total. The van der Waals surface area contributed by atoms with Crippen molar-refractivity contribution in [3.8, 4) is 0 Å². The fraction of sp³-hybridized carbons (Fsp3) is 0.444. The summed E-state index contributed by atoms with van der Waals surface area (Å²) in [6, 6.07) is 2.20. The van der Waals surface area contributed by atoms with Gasteiger partial charge in [-0.05, 0) is 12.5 Å². The molecule has 17 heavy (non-hydrogen) atoms. The van der Waals surface area contributed by atoms with Crippen LogP contribution in [0, 0.1) is 0 Å². The summed E-state index contributed by atoms with van der Waals surface area (Å²) < 4.78 is 22.7. The van der Waals surface area contributed by atoms with Crippen LogP contribution < -0.4 is 5.56 Å². The molecule has 0 saturated heterocycles. The summed E-state index contributed by atoms with van der Waals surface area (Å²) in [6.45, 7) is 0.0764. The molecule has 1 aromatic heterocycles. The Morgan fingerprint density at radius 3 is 2.65 bits per heavy atom. The zero-order valence-electron chi connectivity index (χ0n) is 9.16. The van der Waals surface area contributed by atoms with Gasteiger partial charge in [0.05, 0.1) is 5.75 Å². The minimum absolute atomic E-state index is 0.0710. The third kappa shape index (κ3) is 4.35. The average Bonchev–Trinajstić information content (AvgIpc) is 2.18. The predicted octanol–water partition coefficient (Wildman–Crippen LogP) is -0.624. The normalized spacial score (nSPS) is 11.4. The zero-order chi connectivity index (χ0) is 13.1. The fourth-order valence-corrected chi connectivity index (χ4v) is 1.85. The van der Waals surface area contributed by atoms with Crippen LogP contribution in [0.3, 0.4) is 0 Å². The third-order valence-corrected chi connectivity index (χ3v) is 3.00. The van der Waals surface area contributed by atoms with Crippen LogP contribution >= 0.6 is 0 Å². The van der Waals surface area contributed by atoms with Crippen molar-refractivity contribution in [2.75, 3.05) is 12.0 Å². The van der Waals surface area contributed by atoms with Crippen molar-refractivity contribution in [3.63, 3.8) is 0 Å². The molecule has 0 aliphatic rings. The summed E-state index contributed by atoms with van der Waals surface area (Å²) in [4.78, 5) is 21.9. The number of sulfone groups is 1. The first-order valence-electron chi connectivity index (χ1n) is 4.79. The summed E-state index contributed by atoms with van der Waals surface area (Å²) in [6.07, 6.45) is 1.31. The number of carboxylic acids is 1. The number of carboxylic acid groups (broad SMARTS) is 1. The second-order valence-corrected chi connectivity index (χ2v) is 5.83. The van der Waals surface area contributed by atoms with Gasteiger partial charge in [0.2, 0.25) is 0 Å². The minimum Gasteiger partial charge on any atom is -0.476 e. The second kappa shape index (κ2) is 5.09. The van der Waals surface area contributed by atoms with Gasteiger partial charge in [-0.2, -0.15) is 5.10 Å². The lowest BCUT2D eigenvalue weighted by Crippen LogP contribution is -2.25. The van der Waals surface area contributed by atoms with Gasteiger partial charge < -0.3 is 5.11 Å². The second-order valence-electron chi connectivity index (χ2n) is 3.57. The van der Waals surface area contributed by atoms with Crippen LogP contribution in [0.5, 0.6) is 0 Å². The summed E-state index contributed by atoms with van der Waals surface area (Å²) >= 11 is 0. The molecule has 0 saturated carbocycles. The summed E-state index contributed by atoms with van der Waals surface area (Å²) in [5.41, 5.74) is -0.701. The highest BCUT2D eigenvalue weighted by Crippen LogP contribution is 1.94. The molecule has 0 aromatic carbocycles. The molecule has 0 radical (unpaired) electrons. The van der Waals surface area contributed by atoms with E-state index >= 15 is 0 Å². The highest BCUT2D eigenvalue weighted by atomic mass is 32.2. The molecule has 8 heteroatoms. The van der Waals surface area contributed by atoms with Crippen LogP contribution in [-0.2, 0) is 16.4 Å². The Bertz CT molecular complexity index is 575. The van der Waals surface area contributed by atoms with Crippen molar-refractivity contribution in [1.29, 1.82) is 0 Å². The van der Waals surface area contributed by atoms with Gasteiger partial charge in [-0.3, -0.25) is 4.79 Å². The maximum atomic E-state index is 11.3. The van der Waals surface area contributed by atoms with Gasteiger partial charge in [0.25, 0.3) is 5.56 Å². The van der Waals surface area contributed by atoms with E-state index in [1.807, 2.05) is 0 Å². The van der Waals surface area contributed by atoms with E-state index in [9.17, 15) is 18.0 Å². The van der Waals surface area contributed by atoms with E-state index in [1.165, 1.54) is 0 Å². The van der Waals surface area contributed by atoms with E-state index in [1.54, 1.807) is 0 Å². The quantitative estimate of drug-likeness (QED) is 0.756. The number of nitrogens with zero attached hydrogens (tertiary/aromatic N) is 2. The Morgan fingerprint density at radius 2 is 2.12 bits per heavy atom. The molecule has 0 unspecified atom stereocenters. The van der Waals surface area contributed by atoms with E-state index in [0.717, 1.165) is 23.1 Å². The number of aromatic nitrogens is 2.